The van der Waals surface area contributed by atoms with Crippen LogP contribution in [-0.2, 0) is 24.3 Å². The van der Waals surface area contributed by atoms with Crippen LogP contribution in [-0.4, -0.2) is 55.0 Å². The normalized spacial score (nSPS) is 13.5. The number of halogens is 3. The summed E-state index contributed by atoms with van der Waals surface area (Å²) in [4.78, 5) is 22.3. The average Bonchev–Trinajstić information content (AvgIpc) is 3.19. The summed E-state index contributed by atoms with van der Waals surface area (Å²) in [6.45, 7) is 1.75. The van der Waals surface area contributed by atoms with Crippen LogP contribution in [0.3, 0.4) is 0 Å². The molecule has 10 heteroatoms. The monoisotopic (exact) mass is 564 g/mol. The van der Waals surface area contributed by atoms with Crippen molar-refractivity contribution in [2.45, 2.75) is 33.0 Å². The van der Waals surface area contributed by atoms with Gasteiger partial charge < -0.3 is 19.9 Å². The lowest BCUT2D eigenvalue weighted by Gasteiger charge is -2.27. The van der Waals surface area contributed by atoms with Crippen molar-refractivity contribution in [3.8, 4) is 5.75 Å². The van der Waals surface area contributed by atoms with E-state index in [4.69, 9.17) is 0 Å². The highest BCUT2D eigenvalue weighted by molar-refractivity contribution is 14.0. The van der Waals surface area contributed by atoms with Crippen molar-refractivity contribution in [2.24, 2.45) is 4.99 Å². The van der Waals surface area contributed by atoms with Crippen LogP contribution in [0.1, 0.15) is 22.9 Å². The molecule has 0 spiro atoms. The molecule has 1 aliphatic heterocycles. The topological polar surface area (TPSA) is 57.2 Å². The van der Waals surface area contributed by atoms with Gasteiger partial charge in [-0.15, -0.1) is 35.3 Å². The first-order chi connectivity index (χ1) is 14.5. The first-order valence-corrected chi connectivity index (χ1v) is 10.7. The molecule has 3 rings (SSSR count). The van der Waals surface area contributed by atoms with E-state index in [9.17, 15) is 13.6 Å². The summed E-state index contributed by atoms with van der Waals surface area (Å²) in [5.74, 6) is 0.744. The summed E-state index contributed by atoms with van der Waals surface area (Å²) in [7, 11) is 1.87. The van der Waals surface area contributed by atoms with E-state index in [1.807, 2.05) is 23.8 Å². The Balaban J connectivity index is 0.00000341. The number of guanidine groups is 1. The molecule has 1 N–H and O–H groups in total. The van der Waals surface area contributed by atoms with E-state index in [1.165, 1.54) is 22.6 Å². The number of carbonyl (C=O) groups excluding carboxylic acids is 1. The van der Waals surface area contributed by atoms with Gasteiger partial charge in [-0.3, -0.25) is 4.79 Å². The van der Waals surface area contributed by atoms with E-state index in [2.05, 4.69) is 26.5 Å². The summed E-state index contributed by atoms with van der Waals surface area (Å²) in [5, 5.41) is 5.26. The maximum atomic E-state index is 12.6. The second-order valence-corrected chi connectivity index (χ2v) is 7.98. The summed E-state index contributed by atoms with van der Waals surface area (Å²) in [6, 6.07) is 8.57. The minimum Gasteiger partial charge on any atom is -0.435 e. The summed E-state index contributed by atoms with van der Waals surface area (Å²) < 4.78 is 28.9. The van der Waals surface area contributed by atoms with Crippen molar-refractivity contribution in [1.29, 1.82) is 0 Å². The van der Waals surface area contributed by atoms with Gasteiger partial charge in [0, 0.05) is 38.1 Å². The van der Waals surface area contributed by atoms with Gasteiger partial charge in [-0.1, -0.05) is 12.1 Å². The Kier molecular flexibility index (Phi) is 9.94. The fourth-order valence-corrected chi connectivity index (χ4v) is 4.19. The highest BCUT2D eigenvalue weighted by Crippen LogP contribution is 2.24. The lowest BCUT2D eigenvalue weighted by molar-refractivity contribution is -0.130. The Morgan fingerprint density at radius 2 is 2.06 bits per heavy atom. The Morgan fingerprint density at radius 1 is 1.32 bits per heavy atom. The number of fused-ring (bicyclic) bond motifs is 1. The van der Waals surface area contributed by atoms with E-state index >= 15 is 0 Å². The molecule has 170 valence electrons. The molecule has 0 bridgehead atoms. The van der Waals surface area contributed by atoms with Gasteiger partial charge in [-0.05, 0) is 48.1 Å². The van der Waals surface area contributed by atoms with Crippen LogP contribution in [0.15, 0.2) is 40.7 Å². The van der Waals surface area contributed by atoms with Crippen LogP contribution in [0.2, 0.25) is 0 Å². The number of thiophene rings is 1. The number of nitrogens with one attached hydrogen (secondary N) is 1. The standard InChI is InChI=1S/C21H26F2N4O2S.HI/c1-3-24-21(26(2)13-15-4-6-17(7-5-15)29-20(22)23)25-12-19(28)27-10-8-18-16(14-27)9-11-30-18;/h4-7,9,11,20H,3,8,10,12-14H2,1-2H3,(H,24,25);1H. The molecule has 1 aliphatic rings. The number of carbonyl (C=O) groups is 1. The molecule has 0 radical (unpaired) electrons. The average molecular weight is 564 g/mol. The molecule has 0 saturated carbocycles. The van der Waals surface area contributed by atoms with Gasteiger partial charge in [0.05, 0.1) is 0 Å². The smallest absolute Gasteiger partial charge is 0.387 e. The Bertz CT molecular complexity index is 877. The SMILES string of the molecule is CCNC(=NCC(=O)N1CCc2sccc2C1)N(C)Cc1ccc(OC(F)F)cc1.I. The van der Waals surface area contributed by atoms with Crippen molar-refractivity contribution in [1.82, 2.24) is 15.1 Å². The van der Waals surface area contributed by atoms with Gasteiger partial charge in [-0.25, -0.2) is 4.99 Å². The molecule has 0 saturated heterocycles. The van der Waals surface area contributed by atoms with E-state index in [1.54, 1.807) is 23.5 Å². The Labute approximate surface area is 202 Å². The molecule has 6 nitrogen and oxygen atoms in total. The van der Waals surface area contributed by atoms with Gasteiger partial charge in [0.2, 0.25) is 5.91 Å². The number of amides is 1. The zero-order chi connectivity index (χ0) is 21.5. The van der Waals surface area contributed by atoms with E-state index in [0.717, 1.165) is 18.5 Å². The zero-order valence-electron chi connectivity index (χ0n) is 17.5. The third kappa shape index (κ3) is 7.30. The van der Waals surface area contributed by atoms with Crippen LogP contribution in [0.5, 0.6) is 5.75 Å². The minimum absolute atomic E-state index is 0. The minimum atomic E-state index is -2.84. The number of aliphatic imine (C=N–C) groups is 1. The molecule has 1 aromatic carbocycles. The number of hydrogen-bond donors (Lipinski definition) is 1. The van der Waals surface area contributed by atoms with E-state index in [0.29, 0.717) is 25.6 Å². The largest absolute Gasteiger partial charge is 0.435 e. The van der Waals surface area contributed by atoms with Crippen molar-refractivity contribution in [2.75, 3.05) is 26.7 Å². The zero-order valence-corrected chi connectivity index (χ0v) is 20.7. The number of nitrogens with zero attached hydrogens (tertiary/aromatic N) is 3. The second-order valence-electron chi connectivity index (χ2n) is 6.98. The van der Waals surface area contributed by atoms with Gasteiger partial charge >= 0.3 is 6.61 Å². The lowest BCUT2D eigenvalue weighted by atomic mass is 10.1. The second kappa shape index (κ2) is 12.2. The molecule has 0 atom stereocenters. The van der Waals surface area contributed by atoms with Gasteiger partial charge in [0.1, 0.15) is 12.3 Å². The number of rotatable bonds is 7. The first-order valence-electron chi connectivity index (χ1n) is 9.82. The van der Waals surface area contributed by atoms with Crippen molar-refractivity contribution < 1.29 is 18.3 Å². The van der Waals surface area contributed by atoms with Crippen LogP contribution in [0.25, 0.3) is 0 Å². The molecule has 2 heterocycles. The van der Waals surface area contributed by atoms with E-state index in [-0.39, 0.29) is 42.2 Å². The lowest BCUT2D eigenvalue weighted by Crippen LogP contribution is -2.41. The Morgan fingerprint density at radius 3 is 2.74 bits per heavy atom. The molecule has 1 amide bonds. The maximum absolute atomic E-state index is 12.6. The number of benzene rings is 1. The molecule has 0 fully saturated rings. The van der Waals surface area contributed by atoms with E-state index < -0.39 is 6.61 Å². The number of ether oxygens (including phenoxy) is 1. The van der Waals surface area contributed by atoms with Gasteiger partial charge in [0.15, 0.2) is 5.96 Å². The molecule has 31 heavy (non-hydrogen) atoms. The predicted octanol–water partition coefficient (Wildman–Crippen LogP) is 3.95. The van der Waals surface area contributed by atoms with Gasteiger partial charge in [-0.2, -0.15) is 8.78 Å². The highest BCUT2D eigenvalue weighted by Gasteiger charge is 2.21. The number of alkyl halides is 2. The van der Waals surface area contributed by atoms with Crippen molar-refractivity contribution >= 4 is 47.2 Å². The maximum Gasteiger partial charge on any atom is 0.387 e. The molecular formula is C21H27F2IN4O2S. The summed E-state index contributed by atoms with van der Waals surface area (Å²) in [5.41, 5.74) is 2.14. The van der Waals surface area contributed by atoms with Crippen LogP contribution in [0, 0.1) is 0 Å². The highest BCUT2D eigenvalue weighted by atomic mass is 127. The molecule has 2 aromatic rings. The first kappa shape index (κ1) is 25.3. The third-order valence-electron chi connectivity index (χ3n) is 4.79. The van der Waals surface area contributed by atoms with Crippen LogP contribution >= 0.6 is 35.3 Å². The van der Waals surface area contributed by atoms with Gasteiger partial charge in [0.25, 0.3) is 0 Å². The van der Waals surface area contributed by atoms with Crippen LogP contribution < -0.4 is 10.1 Å². The fraction of sp³-hybridized carbons (Fsp3) is 0.429. The predicted molar refractivity (Wildman–Crippen MR) is 129 cm³/mol. The molecular weight excluding hydrogens is 537 g/mol. The molecule has 0 aliphatic carbocycles. The Hall–Kier alpha value is -1.95. The summed E-state index contributed by atoms with van der Waals surface area (Å²) in [6.07, 6.45) is 0.897. The molecule has 0 unspecified atom stereocenters. The summed E-state index contributed by atoms with van der Waals surface area (Å²) >= 11 is 1.75. The quantitative estimate of drug-likeness (QED) is 0.315. The third-order valence-corrected chi connectivity index (χ3v) is 5.81. The van der Waals surface area contributed by atoms with Crippen molar-refractivity contribution in [3.63, 3.8) is 0 Å². The van der Waals surface area contributed by atoms with Crippen molar-refractivity contribution in [3.05, 3.63) is 51.7 Å². The fourth-order valence-electron chi connectivity index (χ4n) is 3.30. The number of hydrogen-bond acceptors (Lipinski definition) is 4. The molecule has 1 aromatic heterocycles. The van der Waals surface area contributed by atoms with Crippen LogP contribution in [0.4, 0.5) is 8.78 Å².